The normalized spacial score (nSPS) is 17.3. The number of rotatable bonds is 11. The van der Waals surface area contributed by atoms with Gasteiger partial charge in [-0.15, -0.1) is 0 Å². The number of aromatic carboxylic acids is 1. The summed E-state index contributed by atoms with van der Waals surface area (Å²) in [5.74, 6) is -1.19. The fourth-order valence-corrected chi connectivity index (χ4v) is 3.75. The molecule has 3 N–H and O–H groups in total. The van der Waals surface area contributed by atoms with E-state index in [-0.39, 0.29) is 23.1 Å². The molecule has 146 valence electrons. The summed E-state index contributed by atoms with van der Waals surface area (Å²) < 4.78 is 37.9. The monoisotopic (exact) mass is 386 g/mol. The molecule has 8 nitrogen and oxygen atoms in total. The average molecular weight is 386 g/mol. The Morgan fingerprint density at radius 2 is 2.23 bits per heavy atom. The van der Waals surface area contributed by atoms with Gasteiger partial charge in [0.15, 0.2) is 0 Å². The van der Waals surface area contributed by atoms with Crippen molar-refractivity contribution in [3.63, 3.8) is 0 Å². The van der Waals surface area contributed by atoms with Gasteiger partial charge in [-0.2, -0.15) is 0 Å². The van der Waals surface area contributed by atoms with E-state index in [0.29, 0.717) is 32.1 Å². The average Bonchev–Trinajstić information content (AvgIpc) is 3.13. The van der Waals surface area contributed by atoms with Crippen LogP contribution >= 0.6 is 0 Å². The maximum absolute atomic E-state index is 12.4. The molecule has 1 aromatic carbocycles. The highest BCUT2D eigenvalue weighted by atomic mass is 32.2. The molecule has 0 bridgehead atoms. The lowest BCUT2D eigenvalue weighted by atomic mass is 10.2. The molecule has 1 fully saturated rings. The maximum Gasteiger partial charge on any atom is 0.337 e. The predicted octanol–water partition coefficient (Wildman–Crippen LogP) is 1.68. The number of carboxylic acid groups (broad SMARTS) is 1. The highest BCUT2D eigenvalue weighted by Crippen LogP contribution is 2.21. The lowest BCUT2D eigenvalue weighted by Crippen LogP contribution is -2.32. The van der Waals surface area contributed by atoms with Gasteiger partial charge in [0.2, 0.25) is 10.0 Å². The van der Waals surface area contributed by atoms with Crippen LogP contribution in [0.5, 0.6) is 0 Å². The van der Waals surface area contributed by atoms with Gasteiger partial charge < -0.3 is 19.9 Å². The van der Waals surface area contributed by atoms with Crippen LogP contribution in [0.3, 0.4) is 0 Å². The van der Waals surface area contributed by atoms with Gasteiger partial charge in [-0.1, -0.05) is 0 Å². The predicted molar refractivity (Wildman–Crippen MR) is 97.2 cm³/mol. The lowest BCUT2D eigenvalue weighted by Gasteiger charge is -2.14. The van der Waals surface area contributed by atoms with E-state index < -0.39 is 16.0 Å². The van der Waals surface area contributed by atoms with Crippen molar-refractivity contribution in [3.05, 3.63) is 23.8 Å². The summed E-state index contributed by atoms with van der Waals surface area (Å²) >= 11 is 0. The van der Waals surface area contributed by atoms with E-state index in [9.17, 15) is 18.3 Å². The first-order valence-corrected chi connectivity index (χ1v) is 10.2. The number of sulfonamides is 1. The molecule has 0 unspecified atom stereocenters. The first kappa shape index (κ1) is 20.6. The number of hydrogen-bond donors (Lipinski definition) is 3. The van der Waals surface area contributed by atoms with E-state index in [1.807, 2.05) is 6.92 Å². The molecule has 0 aromatic heterocycles. The van der Waals surface area contributed by atoms with Crippen LogP contribution in [0.4, 0.5) is 5.69 Å². The molecule has 1 heterocycles. The molecule has 0 amide bonds. The smallest absolute Gasteiger partial charge is 0.337 e. The molecule has 0 radical (unpaired) electrons. The van der Waals surface area contributed by atoms with Crippen LogP contribution in [0, 0.1) is 0 Å². The van der Waals surface area contributed by atoms with E-state index in [4.69, 9.17) is 9.47 Å². The van der Waals surface area contributed by atoms with Gasteiger partial charge >= 0.3 is 5.97 Å². The Morgan fingerprint density at radius 3 is 2.88 bits per heavy atom. The minimum Gasteiger partial charge on any atom is -0.478 e. The summed E-state index contributed by atoms with van der Waals surface area (Å²) in [6.07, 6.45) is 2.32. The third kappa shape index (κ3) is 5.94. The molecule has 2 rings (SSSR count). The summed E-state index contributed by atoms with van der Waals surface area (Å²) in [4.78, 5) is 11.4. The van der Waals surface area contributed by atoms with Crippen LogP contribution in [0.2, 0.25) is 0 Å². The number of benzene rings is 1. The molecule has 0 aliphatic carbocycles. The number of nitrogens with one attached hydrogen (secondary N) is 2. The number of carbonyl (C=O) groups is 1. The summed E-state index contributed by atoms with van der Waals surface area (Å²) in [6.45, 7) is 4.46. The van der Waals surface area contributed by atoms with E-state index >= 15 is 0 Å². The number of ether oxygens (including phenoxy) is 2. The second-order valence-corrected chi connectivity index (χ2v) is 7.74. The summed E-state index contributed by atoms with van der Waals surface area (Å²) in [5.41, 5.74) is 0.300. The first-order valence-electron chi connectivity index (χ1n) is 8.74. The molecular weight excluding hydrogens is 360 g/mol. The maximum atomic E-state index is 12.4. The van der Waals surface area contributed by atoms with Gasteiger partial charge in [-0.05, 0) is 44.4 Å². The summed E-state index contributed by atoms with van der Waals surface area (Å²) in [7, 11) is -3.79. The zero-order valence-corrected chi connectivity index (χ0v) is 15.7. The molecule has 9 heteroatoms. The Kier molecular flexibility index (Phi) is 7.83. The molecule has 0 spiro atoms. The van der Waals surface area contributed by atoms with E-state index in [0.717, 1.165) is 19.3 Å². The summed E-state index contributed by atoms with van der Waals surface area (Å²) in [5, 5.41) is 12.4. The van der Waals surface area contributed by atoms with Crippen molar-refractivity contribution in [2.45, 2.75) is 37.2 Å². The Hall–Kier alpha value is -1.68. The second-order valence-electron chi connectivity index (χ2n) is 5.98. The molecular formula is C17H26N2O6S. The quantitative estimate of drug-likeness (QED) is 0.496. The standard InChI is InChI=1S/C17H26N2O6S/c1-2-24-9-4-8-18-16-7-6-14(11-15(16)17(20)21)26(22,23)19-12-13-5-3-10-25-13/h6-7,11,13,18-19H,2-5,8-10,12H2,1H3,(H,20,21)/t13-/m0/s1. The van der Waals surface area contributed by atoms with Crippen LogP contribution < -0.4 is 10.0 Å². The molecule has 1 saturated heterocycles. The van der Waals surface area contributed by atoms with Crippen LogP contribution in [-0.4, -0.2) is 58.5 Å². The highest BCUT2D eigenvalue weighted by Gasteiger charge is 2.22. The fraction of sp³-hybridized carbons (Fsp3) is 0.588. The molecule has 1 aromatic rings. The van der Waals surface area contributed by atoms with Crippen LogP contribution in [0.1, 0.15) is 36.5 Å². The third-order valence-corrected chi connectivity index (χ3v) is 5.46. The number of anilines is 1. The van der Waals surface area contributed by atoms with Gasteiger partial charge in [0, 0.05) is 38.6 Å². The minimum atomic E-state index is -3.79. The van der Waals surface area contributed by atoms with Gasteiger partial charge in [-0.25, -0.2) is 17.9 Å². The largest absolute Gasteiger partial charge is 0.478 e. The SMILES string of the molecule is CCOCCCNc1ccc(S(=O)(=O)NC[C@@H]2CCCO2)cc1C(=O)O. The molecule has 1 atom stereocenters. The Labute approximate surface area is 153 Å². The van der Waals surface area contributed by atoms with Gasteiger partial charge in [-0.3, -0.25) is 0 Å². The Balaban J connectivity index is 2.04. The molecule has 1 aliphatic heterocycles. The third-order valence-electron chi connectivity index (χ3n) is 4.04. The number of carboxylic acids is 1. The van der Waals surface area contributed by atoms with Crippen LogP contribution in [0.25, 0.3) is 0 Å². The molecule has 1 aliphatic rings. The van der Waals surface area contributed by atoms with Crippen molar-refractivity contribution >= 4 is 21.7 Å². The van der Waals surface area contributed by atoms with Gasteiger partial charge in [0.1, 0.15) is 0 Å². The van der Waals surface area contributed by atoms with Crippen molar-refractivity contribution in [2.24, 2.45) is 0 Å². The van der Waals surface area contributed by atoms with Crippen LogP contribution in [-0.2, 0) is 19.5 Å². The summed E-state index contributed by atoms with van der Waals surface area (Å²) in [6, 6.07) is 4.05. The van der Waals surface area contributed by atoms with Crippen LogP contribution in [0.15, 0.2) is 23.1 Å². The van der Waals surface area contributed by atoms with E-state index in [2.05, 4.69) is 10.0 Å². The Bertz CT molecular complexity index is 701. The van der Waals surface area contributed by atoms with Crippen molar-refractivity contribution in [1.29, 1.82) is 0 Å². The van der Waals surface area contributed by atoms with E-state index in [1.165, 1.54) is 18.2 Å². The first-order chi connectivity index (χ1) is 12.4. The van der Waals surface area contributed by atoms with Crippen molar-refractivity contribution in [2.75, 3.05) is 38.2 Å². The van der Waals surface area contributed by atoms with E-state index in [1.54, 1.807) is 0 Å². The van der Waals surface area contributed by atoms with Crippen molar-refractivity contribution in [1.82, 2.24) is 4.72 Å². The molecule has 26 heavy (non-hydrogen) atoms. The topological polar surface area (TPSA) is 114 Å². The van der Waals surface area contributed by atoms with Crippen molar-refractivity contribution in [3.8, 4) is 0 Å². The molecule has 0 saturated carbocycles. The highest BCUT2D eigenvalue weighted by molar-refractivity contribution is 7.89. The van der Waals surface area contributed by atoms with Crippen molar-refractivity contribution < 1.29 is 27.8 Å². The Morgan fingerprint density at radius 1 is 1.42 bits per heavy atom. The van der Waals surface area contributed by atoms with Gasteiger partial charge in [0.25, 0.3) is 0 Å². The zero-order valence-electron chi connectivity index (χ0n) is 14.9. The zero-order chi connectivity index (χ0) is 19.0. The second kappa shape index (κ2) is 9.86. The van der Waals surface area contributed by atoms with Gasteiger partial charge in [0.05, 0.1) is 16.6 Å². The minimum absolute atomic E-state index is 0.0761. The number of hydrogen-bond acceptors (Lipinski definition) is 6. The fourth-order valence-electron chi connectivity index (χ4n) is 2.65. The lowest BCUT2D eigenvalue weighted by molar-refractivity contribution is 0.0697.